The van der Waals surface area contributed by atoms with Crippen LogP contribution in [0, 0.1) is 18.3 Å². The summed E-state index contributed by atoms with van der Waals surface area (Å²) < 4.78 is 34.6. The van der Waals surface area contributed by atoms with E-state index in [0.717, 1.165) is 18.4 Å². The molecule has 4 aliphatic heterocycles. The second kappa shape index (κ2) is 14.1. The number of furan rings is 1. The zero-order valence-corrected chi connectivity index (χ0v) is 31.7. The Bertz CT molecular complexity index is 2230. The molecule has 8 rings (SSSR count). The minimum absolute atomic E-state index is 0.0407. The lowest BCUT2D eigenvalue weighted by Crippen LogP contribution is -2.71. The van der Waals surface area contributed by atoms with Crippen molar-refractivity contribution < 1.29 is 47.6 Å². The molecular weight excluding hydrogens is 708 g/mol. The molecule has 2 N–H and O–H groups in total. The first-order valence-electron chi connectivity index (χ1n) is 18.5. The van der Waals surface area contributed by atoms with Crippen LogP contribution in [0.4, 0.5) is 0 Å². The van der Waals surface area contributed by atoms with Gasteiger partial charge in [-0.1, -0.05) is 0 Å². The van der Waals surface area contributed by atoms with Gasteiger partial charge in [-0.15, -0.1) is 0 Å². The van der Waals surface area contributed by atoms with E-state index >= 15 is 0 Å². The van der Waals surface area contributed by atoms with E-state index in [-0.39, 0.29) is 59.0 Å². The van der Waals surface area contributed by atoms with Gasteiger partial charge in [0, 0.05) is 70.3 Å². The molecule has 14 heteroatoms. The highest BCUT2D eigenvalue weighted by molar-refractivity contribution is 6.25. The van der Waals surface area contributed by atoms with Gasteiger partial charge in [-0.25, -0.2) is 0 Å². The number of phenolic OH excluding ortho intramolecular Hbond substituents is 1. The second-order valence-electron chi connectivity index (χ2n) is 14.8. The highest BCUT2D eigenvalue weighted by Crippen LogP contribution is 2.56. The van der Waals surface area contributed by atoms with Crippen LogP contribution in [0.1, 0.15) is 59.5 Å². The fraction of sp³-hybridized carbons (Fsp3) is 0.463. The number of nitriles is 1. The molecule has 2 fully saturated rings. The van der Waals surface area contributed by atoms with Gasteiger partial charge in [-0.05, 0) is 58.0 Å². The summed E-state index contributed by atoms with van der Waals surface area (Å²) in [6.07, 6.45) is 2.10. The molecule has 2 saturated heterocycles. The molecule has 2 aromatic carbocycles. The van der Waals surface area contributed by atoms with Crippen molar-refractivity contribution in [1.29, 1.82) is 5.26 Å². The topological polar surface area (TPSA) is 173 Å². The smallest absolute Gasteiger partial charge is 0.287 e. The summed E-state index contributed by atoms with van der Waals surface area (Å²) in [7, 11) is 6.30. The van der Waals surface area contributed by atoms with Crippen LogP contribution >= 0.6 is 0 Å². The van der Waals surface area contributed by atoms with E-state index in [2.05, 4.69) is 16.3 Å². The molecule has 5 atom stereocenters. The molecule has 1 aromatic heterocycles. The summed E-state index contributed by atoms with van der Waals surface area (Å²) in [5.41, 5.74) is 3.17. The summed E-state index contributed by atoms with van der Waals surface area (Å²) in [5.74, 6) is 0.128. The van der Waals surface area contributed by atoms with E-state index in [4.69, 9.17) is 28.1 Å². The lowest BCUT2D eigenvalue weighted by atomic mass is 9.69. The van der Waals surface area contributed by atoms with E-state index in [1.807, 2.05) is 31.0 Å². The van der Waals surface area contributed by atoms with Gasteiger partial charge in [0.15, 0.2) is 28.8 Å². The minimum Gasteiger partial charge on any atom is -0.504 e. The molecule has 0 radical (unpaired) electrons. The third-order valence-electron chi connectivity index (χ3n) is 12.1. The van der Waals surface area contributed by atoms with E-state index < -0.39 is 41.9 Å². The predicted molar refractivity (Wildman–Crippen MR) is 197 cm³/mol. The van der Waals surface area contributed by atoms with Crippen LogP contribution in [0.5, 0.6) is 23.0 Å². The molecule has 14 nitrogen and oxygen atoms in total. The summed E-state index contributed by atoms with van der Waals surface area (Å²) in [5, 5.41) is 26.4. The van der Waals surface area contributed by atoms with Crippen LogP contribution in [0.25, 0.3) is 11.0 Å². The van der Waals surface area contributed by atoms with Crippen molar-refractivity contribution >= 4 is 28.4 Å². The molecule has 288 valence electrons. The first-order chi connectivity index (χ1) is 26.5. The van der Waals surface area contributed by atoms with Gasteiger partial charge in [-0.3, -0.25) is 24.2 Å². The zero-order chi connectivity index (χ0) is 38.9. The van der Waals surface area contributed by atoms with Gasteiger partial charge < -0.3 is 38.5 Å². The van der Waals surface area contributed by atoms with Crippen molar-refractivity contribution in [3.05, 3.63) is 69.2 Å². The van der Waals surface area contributed by atoms with Crippen molar-refractivity contribution in [2.75, 3.05) is 48.1 Å². The van der Waals surface area contributed by atoms with Gasteiger partial charge in [0.1, 0.15) is 29.2 Å². The molecule has 0 unspecified atom stereocenters. The molecule has 3 aromatic rings. The lowest BCUT2D eigenvalue weighted by Gasteiger charge is -2.60. The number of hydrogen-bond donors (Lipinski definition) is 2. The van der Waals surface area contributed by atoms with Crippen LogP contribution in [0.15, 0.2) is 51.2 Å². The number of amides is 1. The third kappa shape index (κ3) is 5.67. The number of rotatable bonds is 8. The maximum Gasteiger partial charge on any atom is 0.287 e. The fourth-order valence-corrected chi connectivity index (χ4v) is 9.58. The number of aromatic hydroxyl groups is 1. The quantitative estimate of drug-likeness (QED) is 0.316. The summed E-state index contributed by atoms with van der Waals surface area (Å²) in [6, 6.07) is 6.33. The first-order valence-corrected chi connectivity index (χ1v) is 18.5. The number of Topliss-reactive ketones (excluding diaryl/α,β-unsaturated/α-hetero) is 2. The maximum absolute atomic E-state index is 14.3. The Hall–Kier alpha value is -5.36. The van der Waals surface area contributed by atoms with Gasteiger partial charge >= 0.3 is 0 Å². The third-order valence-corrected chi connectivity index (χ3v) is 12.1. The average Bonchev–Trinajstić information content (AvgIpc) is 3.61. The number of methoxy groups -OCH3 is 3. The minimum atomic E-state index is -0.905. The Morgan fingerprint density at radius 1 is 1.02 bits per heavy atom. The number of piperazine rings is 1. The highest BCUT2D eigenvalue weighted by Gasteiger charge is 2.58. The number of fused-ring (bicyclic) bond motifs is 7. The van der Waals surface area contributed by atoms with Gasteiger partial charge in [0.25, 0.3) is 5.91 Å². The number of phenols is 1. The Balaban J connectivity index is 1.18. The van der Waals surface area contributed by atoms with Gasteiger partial charge in [-0.2, -0.15) is 5.26 Å². The molecule has 1 amide bonds. The Labute approximate surface area is 318 Å². The number of nitrogens with one attached hydrogen (secondary N) is 1. The number of allylic oxidation sites excluding steroid dienone is 2. The SMILES string of the molecule is COC1=C(C)C(=O)C2=C(C1=O)[C@H](CNC(=O)c1cc3cc(OC4CCOCC4)ccc3o1)N1[C@@H](C#N)[C@@H]3Cc4c(OC)c(C)c(OC)c(O)c4[C@H]([C@@H]1C2)N3C. The predicted octanol–water partition coefficient (Wildman–Crippen LogP) is 4.07. The van der Waals surface area contributed by atoms with Crippen LogP contribution in [0.3, 0.4) is 0 Å². The molecule has 0 spiro atoms. The van der Waals surface area contributed by atoms with Gasteiger partial charge in [0.2, 0.25) is 5.78 Å². The lowest BCUT2D eigenvalue weighted by molar-refractivity contribution is -0.122. The normalized spacial score (nSPS) is 25.6. The summed E-state index contributed by atoms with van der Waals surface area (Å²) in [6.45, 7) is 4.55. The number of hydrogen-bond acceptors (Lipinski definition) is 13. The van der Waals surface area contributed by atoms with E-state index in [0.29, 0.717) is 58.8 Å². The maximum atomic E-state index is 14.3. The van der Waals surface area contributed by atoms with Crippen molar-refractivity contribution in [3.63, 3.8) is 0 Å². The molecule has 0 saturated carbocycles. The van der Waals surface area contributed by atoms with Crippen LogP contribution < -0.4 is 19.5 Å². The van der Waals surface area contributed by atoms with Crippen LogP contribution in [-0.2, 0) is 25.5 Å². The number of likely N-dealkylation sites (N-methyl/N-ethyl adjacent to an activating group) is 1. The Kier molecular flexibility index (Phi) is 9.35. The van der Waals surface area contributed by atoms with Crippen molar-refractivity contribution in [2.24, 2.45) is 0 Å². The molecule has 5 aliphatic rings. The summed E-state index contributed by atoms with van der Waals surface area (Å²) >= 11 is 0. The number of benzene rings is 2. The molecular formula is C41H44N4O10. The number of ether oxygens (including phenoxy) is 5. The molecule has 5 heterocycles. The Morgan fingerprint density at radius 2 is 1.76 bits per heavy atom. The first kappa shape index (κ1) is 36.6. The number of carbonyl (C=O) groups is 3. The van der Waals surface area contributed by atoms with Crippen LogP contribution in [0.2, 0.25) is 0 Å². The summed E-state index contributed by atoms with van der Waals surface area (Å²) in [4.78, 5) is 46.3. The Morgan fingerprint density at radius 3 is 2.45 bits per heavy atom. The van der Waals surface area contributed by atoms with Crippen molar-refractivity contribution in [1.82, 2.24) is 15.1 Å². The van der Waals surface area contributed by atoms with E-state index in [1.165, 1.54) is 14.2 Å². The monoisotopic (exact) mass is 752 g/mol. The zero-order valence-electron chi connectivity index (χ0n) is 31.7. The molecule has 1 aliphatic carbocycles. The molecule has 2 bridgehead atoms. The highest BCUT2D eigenvalue weighted by atomic mass is 16.5. The van der Waals surface area contributed by atoms with E-state index in [1.54, 1.807) is 26.2 Å². The largest absolute Gasteiger partial charge is 0.504 e. The van der Waals surface area contributed by atoms with Crippen LogP contribution in [-0.4, -0.2) is 111 Å². The van der Waals surface area contributed by atoms with Crippen molar-refractivity contribution in [3.8, 4) is 29.1 Å². The van der Waals surface area contributed by atoms with E-state index in [9.17, 15) is 24.8 Å². The molecule has 55 heavy (non-hydrogen) atoms. The average molecular weight is 753 g/mol. The standard InChI is InChI=1S/C41H44N4O10/c1-19-35(46)24-15-27-34-33-25(38(50-4)20(2)40(52-6)37(33)48)16-26(44(34)3)28(17-42)45(27)29(32(24)36(47)39(19)51-5)18-43-41(49)31-14-21-13-23(7-8-30(21)55-31)54-22-9-11-53-12-10-22/h7-8,13-14,22,26-29,34,48H,9-12,15-16,18H2,1-6H3,(H,43,49)/t26-,27-,28-,29-,34-/m0/s1. The number of nitrogens with zero attached hydrogens (tertiary/aromatic N) is 3. The number of ketones is 2. The second-order valence-corrected chi connectivity index (χ2v) is 14.8. The number of carbonyl (C=O) groups excluding carboxylic acids is 3. The fourth-order valence-electron chi connectivity index (χ4n) is 9.58. The van der Waals surface area contributed by atoms with Gasteiger partial charge in [0.05, 0.1) is 52.7 Å². The van der Waals surface area contributed by atoms with Crippen molar-refractivity contribution in [2.45, 2.75) is 75.8 Å².